The van der Waals surface area contributed by atoms with E-state index in [1.54, 1.807) is 6.92 Å². The minimum Gasteiger partial charge on any atom is -0.312 e. The maximum Gasteiger partial charge on any atom is 0.223 e. The van der Waals surface area contributed by atoms with Crippen molar-refractivity contribution in [1.82, 2.24) is 0 Å². The van der Waals surface area contributed by atoms with E-state index < -0.39 is 0 Å². The zero-order valence-corrected chi connectivity index (χ0v) is 12.4. The van der Waals surface area contributed by atoms with Gasteiger partial charge in [0, 0.05) is 19.2 Å². The number of anilines is 1. The number of para-hydroxylation sites is 1. The number of nitrogens with zero attached hydrogens (tertiary/aromatic N) is 1. The topological polar surface area (TPSA) is 20.3 Å². The number of rotatable bonds is 6. The lowest BCUT2D eigenvalue weighted by molar-refractivity contribution is -0.116. The van der Waals surface area contributed by atoms with Crippen LogP contribution < -0.4 is 4.90 Å². The predicted octanol–water partition coefficient (Wildman–Crippen LogP) is 4.23. The molecule has 21 heavy (non-hydrogen) atoms. The van der Waals surface area contributed by atoms with E-state index in [2.05, 4.69) is 36.4 Å². The third-order valence-electron chi connectivity index (χ3n) is 3.33. The molecule has 0 heterocycles. The van der Waals surface area contributed by atoms with E-state index in [4.69, 9.17) is 0 Å². The summed E-state index contributed by atoms with van der Waals surface area (Å²) < 4.78 is 0. The Hall–Kier alpha value is -2.35. The van der Waals surface area contributed by atoms with Crippen molar-refractivity contribution in [3.8, 4) is 0 Å². The average Bonchev–Trinajstić information content (AvgIpc) is 2.52. The Balaban J connectivity index is 1.84. The second-order valence-electron chi connectivity index (χ2n) is 4.96. The summed E-state index contributed by atoms with van der Waals surface area (Å²) in [4.78, 5) is 13.5. The third-order valence-corrected chi connectivity index (χ3v) is 3.33. The van der Waals surface area contributed by atoms with E-state index in [-0.39, 0.29) is 5.91 Å². The maximum atomic E-state index is 11.7. The largest absolute Gasteiger partial charge is 0.312 e. The molecule has 0 bridgehead atoms. The zero-order valence-electron chi connectivity index (χ0n) is 12.4. The van der Waals surface area contributed by atoms with Gasteiger partial charge in [-0.05, 0) is 30.5 Å². The summed E-state index contributed by atoms with van der Waals surface area (Å²) in [6.07, 6.45) is 6.11. The van der Waals surface area contributed by atoms with Crippen LogP contribution in [0.2, 0.25) is 0 Å². The first kappa shape index (κ1) is 15.0. The van der Waals surface area contributed by atoms with Crippen molar-refractivity contribution in [2.45, 2.75) is 19.8 Å². The van der Waals surface area contributed by atoms with Crippen molar-refractivity contribution in [2.75, 3.05) is 11.4 Å². The molecule has 0 saturated heterocycles. The molecule has 1 amide bonds. The number of amides is 1. The van der Waals surface area contributed by atoms with Crippen LogP contribution in [0.3, 0.4) is 0 Å². The molecule has 2 aromatic carbocycles. The molecule has 0 aromatic heterocycles. The summed E-state index contributed by atoms with van der Waals surface area (Å²) in [5.74, 6) is 0.0812. The molecule has 2 rings (SSSR count). The van der Waals surface area contributed by atoms with E-state index >= 15 is 0 Å². The van der Waals surface area contributed by atoms with Gasteiger partial charge in [-0.25, -0.2) is 0 Å². The Morgan fingerprint density at radius 3 is 2.19 bits per heavy atom. The SMILES string of the molecule is CC(=O)N(CC/C=C/Cc1ccccc1)c1ccccc1. The summed E-state index contributed by atoms with van der Waals surface area (Å²) >= 11 is 0. The van der Waals surface area contributed by atoms with Gasteiger partial charge in [0.2, 0.25) is 5.91 Å². The lowest BCUT2D eigenvalue weighted by Gasteiger charge is -2.20. The van der Waals surface area contributed by atoms with Gasteiger partial charge < -0.3 is 4.90 Å². The van der Waals surface area contributed by atoms with Gasteiger partial charge >= 0.3 is 0 Å². The van der Waals surface area contributed by atoms with Gasteiger partial charge in [0.15, 0.2) is 0 Å². The van der Waals surface area contributed by atoms with Crippen molar-refractivity contribution in [3.05, 3.63) is 78.4 Å². The Morgan fingerprint density at radius 1 is 0.952 bits per heavy atom. The van der Waals surface area contributed by atoms with Crippen molar-refractivity contribution in [3.63, 3.8) is 0 Å². The van der Waals surface area contributed by atoms with Crippen LogP contribution in [-0.4, -0.2) is 12.5 Å². The Labute approximate surface area is 126 Å². The first-order chi connectivity index (χ1) is 10.3. The highest BCUT2D eigenvalue weighted by atomic mass is 16.2. The fraction of sp³-hybridized carbons (Fsp3) is 0.211. The van der Waals surface area contributed by atoms with Gasteiger partial charge in [0.25, 0.3) is 0 Å². The van der Waals surface area contributed by atoms with Gasteiger partial charge in [-0.2, -0.15) is 0 Å². The molecule has 2 aromatic rings. The molecule has 0 radical (unpaired) electrons. The summed E-state index contributed by atoms with van der Waals surface area (Å²) in [7, 11) is 0. The van der Waals surface area contributed by atoms with E-state index in [1.165, 1.54) is 5.56 Å². The standard InChI is InChI=1S/C19H21NO/c1-17(21)20(19-14-8-3-9-15-19)16-10-4-7-13-18-11-5-2-6-12-18/h2-9,11-12,14-15H,10,13,16H2,1H3/b7-4+. The van der Waals surface area contributed by atoms with Gasteiger partial charge in [-0.15, -0.1) is 0 Å². The van der Waals surface area contributed by atoms with E-state index in [9.17, 15) is 4.79 Å². The molecule has 0 fully saturated rings. The van der Waals surface area contributed by atoms with Crippen LogP contribution in [0, 0.1) is 0 Å². The maximum absolute atomic E-state index is 11.7. The quantitative estimate of drug-likeness (QED) is 0.725. The second-order valence-corrected chi connectivity index (χ2v) is 4.96. The highest BCUT2D eigenvalue weighted by molar-refractivity contribution is 5.91. The number of allylic oxidation sites excluding steroid dienone is 1. The van der Waals surface area contributed by atoms with E-state index in [1.807, 2.05) is 41.3 Å². The van der Waals surface area contributed by atoms with Crippen molar-refractivity contribution in [1.29, 1.82) is 0 Å². The van der Waals surface area contributed by atoms with Gasteiger partial charge in [-0.1, -0.05) is 60.7 Å². The summed E-state index contributed by atoms with van der Waals surface area (Å²) in [5, 5.41) is 0. The van der Waals surface area contributed by atoms with Crippen molar-refractivity contribution in [2.24, 2.45) is 0 Å². The molecule has 0 aliphatic carbocycles. The molecule has 2 heteroatoms. The van der Waals surface area contributed by atoms with Crippen LogP contribution in [0.1, 0.15) is 18.9 Å². The molecule has 108 valence electrons. The lowest BCUT2D eigenvalue weighted by atomic mass is 10.1. The van der Waals surface area contributed by atoms with Crippen molar-refractivity contribution < 1.29 is 4.79 Å². The van der Waals surface area contributed by atoms with Crippen molar-refractivity contribution >= 4 is 11.6 Å². The minimum absolute atomic E-state index is 0.0812. The highest BCUT2D eigenvalue weighted by Gasteiger charge is 2.08. The molecule has 0 saturated carbocycles. The van der Waals surface area contributed by atoms with Crippen LogP contribution in [0.25, 0.3) is 0 Å². The molecule has 0 unspecified atom stereocenters. The number of benzene rings is 2. The monoisotopic (exact) mass is 279 g/mol. The molecule has 0 atom stereocenters. The van der Waals surface area contributed by atoms with Crippen LogP contribution >= 0.6 is 0 Å². The average molecular weight is 279 g/mol. The number of hydrogen-bond acceptors (Lipinski definition) is 1. The summed E-state index contributed by atoms with van der Waals surface area (Å²) in [5.41, 5.74) is 2.27. The first-order valence-corrected chi connectivity index (χ1v) is 7.29. The minimum atomic E-state index is 0.0812. The Morgan fingerprint density at radius 2 is 1.57 bits per heavy atom. The van der Waals surface area contributed by atoms with E-state index in [0.717, 1.165) is 18.5 Å². The number of hydrogen-bond donors (Lipinski definition) is 0. The molecule has 0 aliphatic rings. The normalized spacial score (nSPS) is 10.7. The van der Waals surface area contributed by atoms with Crippen LogP contribution in [0.5, 0.6) is 0 Å². The fourth-order valence-corrected chi connectivity index (χ4v) is 2.23. The third kappa shape index (κ3) is 4.92. The van der Waals surface area contributed by atoms with Crippen LogP contribution in [0.15, 0.2) is 72.8 Å². The Bertz CT molecular complexity index is 575. The van der Waals surface area contributed by atoms with Crippen LogP contribution in [0.4, 0.5) is 5.69 Å². The van der Waals surface area contributed by atoms with E-state index in [0.29, 0.717) is 6.54 Å². The fourth-order valence-electron chi connectivity index (χ4n) is 2.23. The van der Waals surface area contributed by atoms with Gasteiger partial charge in [-0.3, -0.25) is 4.79 Å². The zero-order chi connectivity index (χ0) is 14.9. The molecule has 0 spiro atoms. The molecule has 0 N–H and O–H groups in total. The molecular weight excluding hydrogens is 258 g/mol. The summed E-state index contributed by atoms with van der Waals surface area (Å²) in [6, 6.07) is 20.2. The summed E-state index contributed by atoms with van der Waals surface area (Å²) in [6.45, 7) is 2.32. The second kappa shape index (κ2) is 8.05. The number of carbonyl (C=O) groups is 1. The van der Waals surface area contributed by atoms with Gasteiger partial charge in [0.1, 0.15) is 0 Å². The molecule has 2 nitrogen and oxygen atoms in total. The highest BCUT2D eigenvalue weighted by Crippen LogP contribution is 2.14. The van der Waals surface area contributed by atoms with Crippen LogP contribution in [-0.2, 0) is 11.2 Å². The lowest BCUT2D eigenvalue weighted by Crippen LogP contribution is -2.29. The van der Waals surface area contributed by atoms with Gasteiger partial charge in [0.05, 0.1) is 0 Å². The predicted molar refractivity (Wildman–Crippen MR) is 88.4 cm³/mol. The Kier molecular flexibility index (Phi) is 5.77. The smallest absolute Gasteiger partial charge is 0.223 e. The molecular formula is C19H21NO. The first-order valence-electron chi connectivity index (χ1n) is 7.29. The molecule has 0 aliphatic heterocycles. The number of carbonyl (C=O) groups excluding carboxylic acids is 1.